The summed E-state index contributed by atoms with van der Waals surface area (Å²) in [6.45, 7) is 7.72. The predicted molar refractivity (Wildman–Crippen MR) is 69.3 cm³/mol. The van der Waals surface area contributed by atoms with Crippen LogP contribution in [-0.2, 0) is 9.53 Å². The van der Waals surface area contributed by atoms with Crippen molar-refractivity contribution in [3.8, 4) is 0 Å². The van der Waals surface area contributed by atoms with Crippen LogP contribution in [0.1, 0.15) is 46.5 Å². The van der Waals surface area contributed by atoms with Crippen LogP contribution < -0.4 is 5.32 Å². The molecule has 0 aromatic heterocycles. The Labute approximate surface area is 109 Å². The molecule has 0 radical (unpaired) electrons. The van der Waals surface area contributed by atoms with E-state index in [0.29, 0.717) is 19.4 Å². The van der Waals surface area contributed by atoms with Gasteiger partial charge in [-0.3, -0.25) is 4.79 Å². The largest absolute Gasteiger partial charge is 0.444 e. The first-order valence-electron chi connectivity index (χ1n) is 6.63. The second kappa shape index (κ2) is 6.61. The van der Waals surface area contributed by atoms with Crippen molar-refractivity contribution in [3.63, 3.8) is 0 Å². The fraction of sp³-hybridized carbons (Fsp3) is 0.846. The minimum absolute atomic E-state index is 0.193. The Morgan fingerprint density at radius 3 is 2.39 bits per heavy atom. The molecule has 18 heavy (non-hydrogen) atoms. The Hall–Kier alpha value is -1.26. The van der Waals surface area contributed by atoms with Gasteiger partial charge in [0.15, 0.2) is 0 Å². The summed E-state index contributed by atoms with van der Waals surface area (Å²) >= 11 is 0. The highest BCUT2D eigenvalue weighted by molar-refractivity contribution is 5.76. The number of rotatable bonds is 4. The van der Waals surface area contributed by atoms with Crippen molar-refractivity contribution in [3.05, 3.63) is 0 Å². The van der Waals surface area contributed by atoms with Gasteiger partial charge in [0.05, 0.1) is 0 Å². The van der Waals surface area contributed by atoms with Gasteiger partial charge >= 0.3 is 6.09 Å². The van der Waals surface area contributed by atoms with Crippen molar-refractivity contribution in [2.45, 2.75) is 52.1 Å². The summed E-state index contributed by atoms with van der Waals surface area (Å²) in [5, 5.41) is 2.65. The standard InChI is InChI=1S/C13H24N2O3/c1-13(2,3)18-12(17)14-8-6-7-11(16)15-9-4-5-10-15/h4-10H2,1-3H3,(H,14,17). The van der Waals surface area contributed by atoms with Crippen molar-refractivity contribution in [1.82, 2.24) is 10.2 Å². The number of carbonyl (C=O) groups is 2. The number of amides is 2. The van der Waals surface area contributed by atoms with E-state index in [1.165, 1.54) is 0 Å². The molecule has 1 heterocycles. The molecule has 1 N–H and O–H groups in total. The maximum absolute atomic E-state index is 11.7. The summed E-state index contributed by atoms with van der Waals surface area (Å²) in [4.78, 5) is 24.9. The van der Waals surface area contributed by atoms with E-state index in [1.807, 2.05) is 25.7 Å². The number of likely N-dealkylation sites (tertiary alicyclic amines) is 1. The van der Waals surface area contributed by atoms with Gasteiger partial charge < -0.3 is 15.0 Å². The van der Waals surface area contributed by atoms with E-state index in [2.05, 4.69) is 5.32 Å². The van der Waals surface area contributed by atoms with E-state index in [9.17, 15) is 9.59 Å². The number of ether oxygens (including phenoxy) is 1. The minimum atomic E-state index is -0.477. The van der Waals surface area contributed by atoms with Crippen molar-refractivity contribution in [2.24, 2.45) is 0 Å². The van der Waals surface area contributed by atoms with Crippen LogP contribution in [0.5, 0.6) is 0 Å². The molecule has 2 amide bonds. The van der Waals surface area contributed by atoms with Gasteiger partial charge in [0.25, 0.3) is 0 Å². The monoisotopic (exact) mass is 256 g/mol. The molecule has 1 aliphatic rings. The van der Waals surface area contributed by atoms with Crippen molar-refractivity contribution >= 4 is 12.0 Å². The van der Waals surface area contributed by atoms with Crippen LogP contribution in [0, 0.1) is 0 Å². The highest BCUT2D eigenvalue weighted by atomic mass is 16.6. The molecular weight excluding hydrogens is 232 g/mol. The van der Waals surface area contributed by atoms with Crippen molar-refractivity contribution in [2.75, 3.05) is 19.6 Å². The van der Waals surface area contributed by atoms with Crippen LogP contribution >= 0.6 is 0 Å². The van der Waals surface area contributed by atoms with E-state index < -0.39 is 11.7 Å². The van der Waals surface area contributed by atoms with Crippen LogP contribution in [0.4, 0.5) is 4.79 Å². The molecule has 1 rings (SSSR count). The van der Waals surface area contributed by atoms with Crippen LogP contribution in [0.2, 0.25) is 0 Å². The van der Waals surface area contributed by atoms with Gasteiger partial charge in [0.2, 0.25) is 5.91 Å². The third-order valence-corrected chi connectivity index (χ3v) is 2.69. The Morgan fingerprint density at radius 1 is 1.22 bits per heavy atom. The van der Waals surface area contributed by atoms with E-state index in [4.69, 9.17) is 4.74 Å². The molecule has 1 saturated heterocycles. The zero-order valence-electron chi connectivity index (χ0n) is 11.6. The highest BCUT2D eigenvalue weighted by Crippen LogP contribution is 2.10. The molecule has 1 aliphatic heterocycles. The summed E-state index contributed by atoms with van der Waals surface area (Å²) in [6.07, 6.45) is 2.96. The van der Waals surface area contributed by atoms with Gasteiger partial charge in [-0.1, -0.05) is 0 Å². The van der Waals surface area contributed by atoms with Crippen LogP contribution in [0.25, 0.3) is 0 Å². The van der Waals surface area contributed by atoms with Gasteiger partial charge in [0.1, 0.15) is 5.60 Å². The maximum atomic E-state index is 11.7. The molecule has 0 unspecified atom stereocenters. The van der Waals surface area contributed by atoms with Crippen LogP contribution in [0.15, 0.2) is 0 Å². The lowest BCUT2D eigenvalue weighted by molar-refractivity contribution is -0.130. The normalized spacial score (nSPS) is 15.6. The van der Waals surface area contributed by atoms with Gasteiger partial charge in [-0.05, 0) is 40.0 Å². The summed E-state index contributed by atoms with van der Waals surface area (Å²) in [7, 11) is 0. The number of hydrogen-bond donors (Lipinski definition) is 1. The van der Waals surface area contributed by atoms with Crippen molar-refractivity contribution < 1.29 is 14.3 Å². The Morgan fingerprint density at radius 2 is 1.83 bits per heavy atom. The quantitative estimate of drug-likeness (QED) is 0.782. The number of carbonyl (C=O) groups excluding carboxylic acids is 2. The first kappa shape index (κ1) is 14.8. The van der Waals surface area contributed by atoms with Crippen LogP contribution in [-0.4, -0.2) is 42.1 Å². The Bertz CT molecular complexity index is 291. The molecule has 0 atom stereocenters. The topological polar surface area (TPSA) is 58.6 Å². The number of alkyl carbamates (subject to hydrolysis) is 1. The Balaban J connectivity index is 2.07. The number of nitrogens with one attached hydrogen (secondary N) is 1. The fourth-order valence-corrected chi connectivity index (χ4v) is 1.87. The van der Waals surface area contributed by atoms with E-state index in [1.54, 1.807) is 0 Å². The van der Waals surface area contributed by atoms with Gasteiger partial charge in [0, 0.05) is 26.1 Å². The molecule has 0 aliphatic carbocycles. The van der Waals surface area contributed by atoms with E-state index in [-0.39, 0.29) is 5.91 Å². The summed E-state index contributed by atoms with van der Waals surface area (Å²) in [5.74, 6) is 0.193. The fourth-order valence-electron chi connectivity index (χ4n) is 1.87. The predicted octanol–water partition coefficient (Wildman–Crippen LogP) is 1.91. The molecule has 5 nitrogen and oxygen atoms in total. The zero-order valence-corrected chi connectivity index (χ0v) is 11.6. The lowest BCUT2D eigenvalue weighted by Gasteiger charge is -2.19. The SMILES string of the molecule is CC(C)(C)OC(=O)NCCCC(=O)N1CCCC1. The lowest BCUT2D eigenvalue weighted by Crippen LogP contribution is -2.33. The highest BCUT2D eigenvalue weighted by Gasteiger charge is 2.18. The molecule has 1 fully saturated rings. The lowest BCUT2D eigenvalue weighted by atomic mass is 10.2. The molecule has 0 aromatic carbocycles. The first-order chi connectivity index (χ1) is 8.38. The first-order valence-corrected chi connectivity index (χ1v) is 6.63. The molecule has 0 spiro atoms. The van der Waals surface area contributed by atoms with Gasteiger partial charge in [-0.25, -0.2) is 4.79 Å². The van der Waals surface area contributed by atoms with Crippen molar-refractivity contribution in [1.29, 1.82) is 0 Å². The number of nitrogens with zero attached hydrogens (tertiary/aromatic N) is 1. The molecule has 5 heteroatoms. The van der Waals surface area contributed by atoms with E-state index >= 15 is 0 Å². The number of hydrogen-bond acceptors (Lipinski definition) is 3. The Kier molecular flexibility index (Phi) is 5.44. The summed E-state index contributed by atoms with van der Waals surface area (Å²) in [5.41, 5.74) is -0.477. The third kappa shape index (κ3) is 5.89. The third-order valence-electron chi connectivity index (χ3n) is 2.69. The second-order valence-electron chi connectivity index (χ2n) is 5.62. The molecular formula is C13H24N2O3. The summed E-state index contributed by atoms with van der Waals surface area (Å²) in [6, 6.07) is 0. The smallest absolute Gasteiger partial charge is 0.407 e. The molecule has 0 aromatic rings. The molecule has 0 bridgehead atoms. The molecule has 0 saturated carbocycles. The van der Waals surface area contributed by atoms with Gasteiger partial charge in [-0.15, -0.1) is 0 Å². The summed E-state index contributed by atoms with van der Waals surface area (Å²) < 4.78 is 5.10. The zero-order chi connectivity index (χ0) is 13.6. The molecule has 104 valence electrons. The average Bonchev–Trinajstić information content (AvgIpc) is 2.74. The van der Waals surface area contributed by atoms with E-state index in [0.717, 1.165) is 25.9 Å². The maximum Gasteiger partial charge on any atom is 0.407 e. The van der Waals surface area contributed by atoms with Crippen LogP contribution in [0.3, 0.4) is 0 Å². The van der Waals surface area contributed by atoms with Gasteiger partial charge in [-0.2, -0.15) is 0 Å². The average molecular weight is 256 g/mol. The second-order valence-corrected chi connectivity index (χ2v) is 5.62. The minimum Gasteiger partial charge on any atom is -0.444 e.